The van der Waals surface area contributed by atoms with E-state index in [1.165, 1.54) is 5.56 Å². The number of anilines is 2. The lowest BCUT2D eigenvalue weighted by molar-refractivity contribution is 0.900. The fraction of sp³-hybridized carbons (Fsp3) is 0.154. The number of aromatic amines is 1. The highest BCUT2D eigenvalue weighted by molar-refractivity contribution is 5.87. The van der Waals surface area contributed by atoms with Crippen molar-refractivity contribution in [2.24, 2.45) is 5.84 Å². The number of hydrogen-bond donors (Lipinski definition) is 3. The molecule has 0 amide bonds. The molecule has 3 aromatic rings. The molecule has 0 aliphatic carbocycles. The number of nitrogens with zero attached hydrogens (tertiary/aromatic N) is 4. The van der Waals surface area contributed by atoms with Crippen LogP contribution in [0.4, 0.5) is 11.8 Å². The Bertz CT molecular complexity index is 707. The molecule has 2 aromatic heterocycles. The number of nitrogens with one attached hydrogen (secondary N) is 2. The minimum Gasteiger partial charge on any atom is -0.355 e. The Morgan fingerprint density at radius 1 is 1.25 bits per heavy atom. The van der Waals surface area contributed by atoms with Gasteiger partial charge in [0.2, 0.25) is 5.95 Å². The maximum absolute atomic E-state index is 5.40. The normalized spacial score (nSPS) is 10.7. The Morgan fingerprint density at radius 2 is 2.05 bits per heavy atom. The lowest BCUT2D eigenvalue weighted by Gasteiger charge is -2.19. The number of nitrogens with two attached hydrogens (primary N) is 1. The predicted molar refractivity (Wildman–Crippen MR) is 78.0 cm³/mol. The van der Waals surface area contributed by atoms with Crippen molar-refractivity contribution in [3.05, 3.63) is 42.1 Å². The second kappa shape index (κ2) is 5.14. The topological polar surface area (TPSA) is 95.8 Å². The van der Waals surface area contributed by atoms with Gasteiger partial charge in [0, 0.05) is 13.6 Å². The van der Waals surface area contributed by atoms with Gasteiger partial charge in [-0.3, -0.25) is 10.5 Å². The van der Waals surface area contributed by atoms with E-state index in [4.69, 9.17) is 5.84 Å². The van der Waals surface area contributed by atoms with Crippen molar-refractivity contribution >= 4 is 22.8 Å². The Balaban J connectivity index is 1.98. The molecule has 0 fully saturated rings. The highest BCUT2D eigenvalue weighted by atomic mass is 15.3. The molecule has 1 aromatic carbocycles. The van der Waals surface area contributed by atoms with Crippen LogP contribution in [0, 0.1) is 0 Å². The van der Waals surface area contributed by atoms with E-state index in [0.717, 1.165) is 17.7 Å². The Labute approximate surface area is 115 Å². The van der Waals surface area contributed by atoms with Crippen LogP contribution in [0.15, 0.2) is 36.5 Å². The maximum Gasteiger partial charge on any atom is 0.241 e. The summed E-state index contributed by atoms with van der Waals surface area (Å²) >= 11 is 0. The quantitative estimate of drug-likeness (QED) is 0.487. The van der Waals surface area contributed by atoms with Gasteiger partial charge in [0.25, 0.3) is 0 Å². The minimum atomic E-state index is 0.358. The largest absolute Gasteiger partial charge is 0.355 e. The fourth-order valence-electron chi connectivity index (χ4n) is 2.11. The van der Waals surface area contributed by atoms with E-state index in [9.17, 15) is 0 Å². The standard InChI is InChI=1S/C13H15N7/c1-20(8-9-5-3-2-4-6-9)12-10-7-15-19-11(10)16-13(17-12)18-14/h2-7H,8,14H2,1H3,(H2,15,16,17,18,19). The van der Waals surface area contributed by atoms with E-state index < -0.39 is 0 Å². The number of fused-ring (bicyclic) bond motifs is 1. The van der Waals surface area contributed by atoms with Crippen molar-refractivity contribution < 1.29 is 0 Å². The summed E-state index contributed by atoms with van der Waals surface area (Å²) in [5.41, 5.74) is 4.33. The molecule has 0 unspecified atom stereocenters. The molecule has 7 nitrogen and oxygen atoms in total. The summed E-state index contributed by atoms with van der Waals surface area (Å²) in [5, 5.41) is 7.70. The van der Waals surface area contributed by atoms with Crippen LogP contribution < -0.4 is 16.2 Å². The monoisotopic (exact) mass is 269 g/mol. The van der Waals surface area contributed by atoms with Gasteiger partial charge in [-0.15, -0.1) is 0 Å². The third-order valence-electron chi connectivity index (χ3n) is 3.04. The summed E-state index contributed by atoms with van der Waals surface area (Å²) in [6, 6.07) is 10.2. The molecule has 0 aliphatic rings. The Kier molecular flexibility index (Phi) is 3.18. The molecule has 0 saturated heterocycles. The molecule has 7 heteroatoms. The smallest absolute Gasteiger partial charge is 0.241 e. The summed E-state index contributed by atoms with van der Waals surface area (Å²) in [6.07, 6.45) is 1.71. The summed E-state index contributed by atoms with van der Waals surface area (Å²) < 4.78 is 0. The summed E-state index contributed by atoms with van der Waals surface area (Å²) in [6.45, 7) is 0.738. The molecule has 0 bridgehead atoms. The van der Waals surface area contributed by atoms with Crippen molar-refractivity contribution in [1.29, 1.82) is 0 Å². The van der Waals surface area contributed by atoms with Crippen LogP contribution in [-0.4, -0.2) is 27.2 Å². The summed E-state index contributed by atoms with van der Waals surface area (Å²) in [5.74, 6) is 6.54. The van der Waals surface area contributed by atoms with E-state index in [1.54, 1.807) is 6.20 Å². The highest BCUT2D eigenvalue weighted by Gasteiger charge is 2.13. The van der Waals surface area contributed by atoms with Gasteiger partial charge in [-0.05, 0) is 5.56 Å². The molecule has 4 N–H and O–H groups in total. The maximum atomic E-state index is 5.40. The SMILES string of the molecule is CN(Cc1ccccc1)c1nc(NN)nc2[nH]ncc12. The van der Waals surface area contributed by atoms with Crippen LogP contribution in [-0.2, 0) is 6.54 Å². The van der Waals surface area contributed by atoms with Crippen LogP contribution in [0.5, 0.6) is 0 Å². The Hall–Kier alpha value is -2.67. The van der Waals surface area contributed by atoms with Gasteiger partial charge in [-0.1, -0.05) is 30.3 Å². The predicted octanol–water partition coefficient (Wildman–Crippen LogP) is 1.27. The zero-order valence-electron chi connectivity index (χ0n) is 11.0. The van der Waals surface area contributed by atoms with Crippen molar-refractivity contribution in [2.75, 3.05) is 17.4 Å². The summed E-state index contributed by atoms with van der Waals surface area (Å²) in [7, 11) is 1.97. The minimum absolute atomic E-state index is 0.358. The Morgan fingerprint density at radius 3 is 2.80 bits per heavy atom. The molecule has 0 spiro atoms. The second-order valence-electron chi connectivity index (χ2n) is 4.49. The van der Waals surface area contributed by atoms with Crippen LogP contribution in [0.3, 0.4) is 0 Å². The molecule has 0 radical (unpaired) electrons. The van der Waals surface area contributed by atoms with Crippen molar-refractivity contribution in [3.63, 3.8) is 0 Å². The van der Waals surface area contributed by atoms with Crippen LogP contribution in [0.2, 0.25) is 0 Å². The average Bonchev–Trinajstić information content (AvgIpc) is 2.95. The van der Waals surface area contributed by atoms with Gasteiger partial charge >= 0.3 is 0 Å². The number of nitrogen functional groups attached to an aromatic ring is 1. The third kappa shape index (κ3) is 2.26. The van der Waals surface area contributed by atoms with Crippen LogP contribution in [0.25, 0.3) is 11.0 Å². The highest BCUT2D eigenvalue weighted by Crippen LogP contribution is 2.23. The van der Waals surface area contributed by atoms with Crippen molar-refractivity contribution in [3.8, 4) is 0 Å². The van der Waals surface area contributed by atoms with Crippen molar-refractivity contribution in [1.82, 2.24) is 20.2 Å². The first-order valence-electron chi connectivity index (χ1n) is 6.20. The molecule has 0 atom stereocenters. The van der Waals surface area contributed by atoms with E-state index in [2.05, 4.69) is 37.7 Å². The first-order valence-corrected chi connectivity index (χ1v) is 6.20. The molecular weight excluding hydrogens is 254 g/mol. The average molecular weight is 269 g/mol. The van der Waals surface area contributed by atoms with Crippen LogP contribution >= 0.6 is 0 Å². The van der Waals surface area contributed by atoms with Crippen molar-refractivity contribution in [2.45, 2.75) is 6.54 Å². The molecule has 20 heavy (non-hydrogen) atoms. The van der Waals surface area contributed by atoms with E-state index in [-0.39, 0.29) is 0 Å². The van der Waals surface area contributed by atoms with Gasteiger partial charge < -0.3 is 4.90 Å². The van der Waals surface area contributed by atoms with Gasteiger partial charge in [-0.25, -0.2) is 5.84 Å². The van der Waals surface area contributed by atoms with Gasteiger partial charge in [-0.2, -0.15) is 15.1 Å². The van der Waals surface area contributed by atoms with E-state index in [0.29, 0.717) is 11.6 Å². The van der Waals surface area contributed by atoms with Gasteiger partial charge in [0.1, 0.15) is 5.82 Å². The lowest BCUT2D eigenvalue weighted by Crippen LogP contribution is -2.20. The molecule has 0 aliphatic heterocycles. The lowest BCUT2D eigenvalue weighted by atomic mass is 10.2. The van der Waals surface area contributed by atoms with E-state index in [1.807, 2.05) is 30.1 Å². The summed E-state index contributed by atoms with van der Waals surface area (Å²) in [4.78, 5) is 10.7. The van der Waals surface area contributed by atoms with Crippen LogP contribution in [0.1, 0.15) is 5.56 Å². The number of H-pyrrole nitrogens is 1. The van der Waals surface area contributed by atoms with E-state index >= 15 is 0 Å². The molecule has 102 valence electrons. The third-order valence-corrected chi connectivity index (χ3v) is 3.04. The number of hydrogen-bond acceptors (Lipinski definition) is 6. The van der Waals surface area contributed by atoms with Gasteiger partial charge in [0.15, 0.2) is 5.65 Å². The molecule has 3 rings (SSSR count). The zero-order valence-corrected chi connectivity index (χ0v) is 11.0. The first-order chi connectivity index (χ1) is 9.78. The fourth-order valence-corrected chi connectivity index (χ4v) is 2.11. The molecular formula is C13H15N7. The first kappa shape index (κ1) is 12.4. The number of benzene rings is 1. The molecule has 0 saturated carbocycles. The second-order valence-corrected chi connectivity index (χ2v) is 4.49. The number of aromatic nitrogens is 4. The molecule has 2 heterocycles. The number of rotatable bonds is 4. The zero-order chi connectivity index (χ0) is 13.9. The van der Waals surface area contributed by atoms with Gasteiger partial charge in [0.05, 0.1) is 11.6 Å². The number of hydrazine groups is 1.